The molecule has 0 saturated carbocycles. The van der Waals surface area contributed by atoms with Crippen LogP contribution in [0.3, 0.4) is 0 Å². The van der Waals surface area contributed by atoms with E-state index in [0.29, 0.717) is 22.1 Å². The van der Waals surface area contributed by atoms with Crippen molar-refractivity contribution in [2.75, 3.05) is 5.73 Å². The number of rotatable bonds is 1. The van der Waals surface area contributed by atoms with Gasteiger partial charge in [-0.2, -0.15) is 0 Å². The maximum absolute atomic E-state index is 5.74. The molecule has 2 rings (SSSR count). The summed E-state index contributed by atoms with van der Waals surface area (Å²) in [4.78, 5) is 4.09. The predicted molar refractivity (Wildman–Crippen MR) is 53.7 cm³/mol. The third-order valence-electron chi connectivity index (χ3n) is 1.73. The molecule has 0 saturated heterocycles. The molecule has 0 atom stereocenters. The molecule has 0 amide bonds. The van der Waals surface area contributed by atoms with Gasteiger partial charge in [-0.1, -0.05) is 16.8 Å². The minimum absolute atomic E-state index is 0.498. The number of halogens is 1. The van der Waals surface area contributed by atoms with Crippen LogP contribution in [0.2, 0.25) is 5.02 Å². The maximum Gasteiger partial charge on any atom is 0.133 e. The van der Waals surface area contributed by atoms with E-state index in [1.807, 2.05) is 0 Å². The van der Waals surface area contributed by atoms with Gasteiger partial charge in [0, 0.05) is 13.2 Å². The summed E-state index contributed by atoms with van der Waals surface area (Å²) < 4.78 is 1.59. The van der Waals surface area contributed by atoms with Crippen LogP contribution < -0.4 is 5.73 Å². The Labute approximate surface area is 85.5 Å². The predicted octanol–water partition coefficient (Wildman–Crippen LogP) is 1.11. The van der Waals surface area contributed by atoms with Gasteiger partial charge in [-0.05, 0) is 6.07 Å². The van der Waals surface area contributed by atoms with Gasteiger partial charge in [0.2, 0.25) is 0 Å². The molecular formula is C8H8ClN5. The van der Waals surface area contributed by atoms with E-state index >= 15 is 0 Å². The molecule has 0 spiro atoms. The van der Waals surface area contributed by atoms with Crippen molar-refractivity contribution < 1.29 is 0 Å². The van der Waals surface area contributed by atoms with Crippen molar-refractivity contribution in [3.05, 3.63) is 23.5 Å². The number of pyridine rings is 1. The molecule has 2 aromatic rings. The lowest BCUT2D eigenvalue weighted by Crippen LogP contribution is -1.93. The number of aromatic nitrogens is 4. The Morgan fingerprint density at radius 2 is 2.29 bits per heavy atom. The van der Waals surface area contributed by atoms with Gasteiger partial charge in [0.1, 0.15) is 11.4 Å². The first kappa shape index (κ1) is 8.96. The van der Waals surface area contributed by atoms with Crippen LogP contribution in [0.25, 0.3) is 11.4 Å². The van der Waals surface area contributed by atoms with Crippen LogP contribution in [0, 0.1) is 0 Å². The average molecular weight is 210 g/mol. The van der Waals surface area contributed by atoms with Crippen molar-refractivity contribution in [3.63, 3.8) is 0 Å². The molecule has 0 unspecified atom stereocenters. The van der Waals surface area contributed by atoms with Crippen molar-refractivity contribution in [2.24, 2.45) is 7.05 Å². The Morgan fingerprint density at radius 1 is 1.50 bits per heavy atom. The first-order chi connectivity index (χ1) is 6.66. The lowest BCUT2D eigenvalue weighted by atomic mass is 10.2. The largest absolute Gasteiger partial charge is 0.397 e. The van der Waals surface area contributed by atoms with E-state index in [1.54, 1.807) is 24.0 Å². The second kappa shape index (κ2) is 3.26. The van der Waals surface area contributed by atoms with Crippen LogP contribution in [0.15, 0.2) is 18.5 Å². The number of hydrogen-bond acceptors (Lipinski definition) is 4. The zero-order valence-corrected chi connectivity index (χ0v) is 8.23. The highest BCUT2D eigenvalue weighted by Crippen LogP contribution is 2.23. The normalized spacial score (nSPS) is 10.4. The number of nitrogens with two attached hydrogens (primary N) is 1. The molecule has 0 bridgehead atoms. The summed E-state index contributed by atoms with van der Waals surface area (Å²) >= 11 is 5.73. The SMILES string of the molecule is Cn1cc(-c2ncc(Cl)cc2N)nn1. The Kier molecular flexibility index (Phi) is 2.09. The van der Waals surface area contributed by atoms with Crippen molar-refractivity contribution in [3.8, 4) is 11.4 Å². The highest BCUT2D eigenvalue weighted by molar-refractivity contribution is 6.30. The van der Waals surface area contributed by atoms with Crippen molar-refractivity contribution >= 4 is 17.3 Å². The summed E-state index contributed by atoms with van der Waals surface area (Å²) in [6, 6.07) is 1.64. The fraction of sp³-hybridized carbons (Fsp3) is 0.125. The standard InChI is InChI=1S/C8H8ClN5/c1-14-4-7(12-13-14)8-6(10)2-5(9)3-11-8/h2-4H,10H2,1H3. The van der Waals surface area contributed by atoms with E-state index in [9.17, 15) is 0 Å². The van der Waals surface area contributed by atoms with E-state index in [0.717, 1.165) is 0 Å². The fourth-order valence-electron chi connectivity index (χ4n) is 1.12. The molecule has 5 nitrogen and oxygen atoms in total. The van der Waals surface area contributed by atoms with Gasteiger partial charge in [-0.15, -0.1) is 5.10 Å². The molecule has 6 heteroatoms. The topological polar surface area (TPSA) is 69.6 Å². The van der Waals surface area contributed by atoms with Crippen molar-refractivity contribution in [2.45, 2.75) is 0 Å². The van der Waals surface area contributed by atoms with Gasteiger partial charge in [-0.25, -0.2) is 0 Å². The second-order valence-corrected chi connectivity index (χ2v) is 3.31. The summed E-state index contributed by atoms with van der Waals surface area (Å²) in [7, 11) is 1.78. The smallest absolute Gasteiger partial charge is 0.133 e. The highest BCUT2D eigenvalue weighted by Gasteiger charge is 2.08. The van der Waals surface area contributed by atoms with Crippen LogP contribution in [-0.4, -0.2) is 20.0 Å². The van der Waals surface area contributed by atoms with E-state index in [4.69, 9.17) is 17.3 Å². The minimum atomic E-state index is 0.498. The zero-order chi connectivity index (χ0) is 10.1. The van der Waals surface area contributed by atoms with Crippen LogP contribution >= 0.6 is 11.6 Å². The second-order valence-electron chi connectivity index (χ2n) is 2.87. The molecule has 0 radical (unpaired) electrons. The van der Waals surface area contributed by atoms with Crippen LogP contribution in [0.5, 0.6) is 0 Å². The van der Waals surface area contributed by atoms with Crippen LogP contribution in [0.4, 0.5) is 5.69 Å². The first-order valence-corrected chi connectivity index (χ1v) is 4.32. The van der Waals surface area contributed by atoms with Gasteiger partial charge >= 0.3 is 0 Å². The average Bonchev–Trinajstić information content (AvgIpc) is 2.51. The van der Waals surface area contributed by atoms with Crippen LogP contribution in [-0.2, 0) is 7.05 Å². The fourth-order valence-corrected chi connectivity index (χ4v) is 1.29. The van der Waals surface area contributed by atoms with Crippen molar-refractivity contribution in [1.82, 2.24) is 20.0 Å². The van der Waals surface area contributed by atoms with Crippen LogP contribution in [0.1, 0.15) is 0 Å². The monoisotopic (exact) mass is 209 g/mol. The summed E-state index contributed by atoms with van der Waals surface area (Å²) in [5.41, 5.74) is 7.48. The van der Waals surface area contributed by atoms with Gasteiger partial charge in [0.15, 0.2) is 0 Å². The van der Waals surface area contributed by atoms with E-state index in [-0.39, 0.29) is 0 Å². The molecule has 0 aliphatic heterocycles. The van der Waals surface area contributed by atoms with Gasteiger partial charge in [0.25, 0.3) is 0 Å². The molecule has 2 N–H and O–H groups in total. The Morgan fingerprint density at radius 3 is 2.86 bits per heavy atom. The highest BCUT2D eigenvalue weighted by atomic mass is 35.5. The number of anilines is 1. The molecular weight excluding hydrogens is 202 g/mol. The zero-order valence-electron chi connectivity index (χ0n) is 7.48. The molecule has 0 aromatic carbocycles. The van der Waals surface area contributed by atoms with E-state index in [2.05, 4.69) is 15.3 Å². The molecule has 14 heavy (non-hydrogen) atoms. The van der Waals surface area contributed by atoms with E-state index < -0.39 is 0 Å². The van der Waals surface area contributed by atoms with Gasteiger partial charge in [0.05, 0.1) is 16.9 Å². The molecule has 0 fully saturated rings. The molecule has 2 aromatic heterocycles. The number of nitrogen functional groups attached to an aromatic ring is 1. The third-order valence-corrected chi connectivity index (χ3v) is 1.94. The lowest BCUT2D eigenvalue weighted by molar-refractivity contribution is 0.715. The van der Waals surface area contributed by atoms with Gasteiger partial charge < -0.3 is 5.73 Å². The Balaban J connectivity index is 2.52. The summed E-state index contributed by atoms with van der Waals surface area (Å²) in [5.74, 6) is 0. The maximum atomic E-state index is 5.74. The molecule has 72 valence electrons. The van der Waals surface area contributed by atoms with Gasteiger partial charge in [-0.3, -0.25) is 9.67 Å². The Bertz CT molecular complexity index is 465. The summed E-state index contributed by atoms with van der Waals surface area (Å²) in [5, 5.41) is 8.21. The number of hydrogen-bond donors (Lipinski definition) is 1. The Hall–Kier alpha value is -1.62. The molecule has 0 aliphatic carbocycles. The number of nitrogens with zero attached hydrogens (tertiary/aromatic N) is 4. The molecule has 2 heterocycles. The minimum Gasteiger partial charge on any atom is -0.397 e. The summed E-state index contributed by atoms with van der Waals surface area (Å²) in [6.45, 7) is 0. The summed E-state index contributed by atoms with van der Waals surface area (Å²) in [6.07, 6.45) is 3.27. The van der Waals surface area contributed by atoms with Crippen molar-refractivity contribution in [1.29, 1.82) is 0 Å². The first-order valence-electron chi connectivity index (χ1n) is 3.94. The molecule has 0 aliphatic rings. The number of aryl methyl sites for hydroxylation is 1. The van der Waals surface area contributed by atoms with E-state index in [1.165, 1.54) is 6.20 Å². The lowest BCUT2D eigenvalue weighted by Gasteiger charge is -1.99. The third kappa shape index (κ3) is 1.54. The quantitative estimate of drug-likeness (QED) is 0.764.